The van der Waals surface area contributed by atoms with Gasteiger partial charge in [-0.25, -0.2) is 0 Å². The molecule has 2 N–H and O–H groups in total. The number of esters is 1. The minimum absolute atomic E-state index is 0.107. The van der Waals surface area contributed by atoms with Gasteiger partial charge in [-0.3, -0.25) is 14.4 Å². The number of carboxylic acid groups (broad SMARTS) is 2. The van der Waals surface area contributed by atoms with Gasteiger partial charge in [0.25, 0.3) is 0 Å². The zero-order valence-electron chi connectivity index (χ0n) is 22.8. The Bertz CT molecular complexity index is 1030. The largest absolute Gasteiger partial charge is 0.481 e. The summed E-state index contributed by atoms with van der Waals surface area (Å²) in [6.45, 7) is 8.66. The van der Waals surface area contributed by atoms with Gasteiger partial charge in [-0.1, -0.05) is 118 Å². The molecule has 38 heavy (non-hydrogen) atoms. The first-order valence-electron chi connectivity index (χ1n) is 12.8. The lowest BCUT2D eigenvalue weighted by molar-refractivity contribution is -0.151. The first-order valence-corrected chi connectivity index (χ1v) is 12.8. The molecule has 1 unspecified atom stereocenters. The van der Waals surface area contributed by atoms with Crippen LogP contribution in [0, 0.1) is 5.92 Å². The molecule has 204 valence electrons. The molecule has 0 aromatic heterocycles. The molecule has 3 aromatic rings. The highest BCUT2D eigenvalue weighted by Gasteiger charge is 2.35. The first kappa shape index (κ1) is 32.1. The van der Waals surface area contributed by atoms with Crippen LogP contribution >= 0.6 is 0 Å². The fourth-order valence-electron chi connectivity index (χ4n) is 3.61. The smallest absolute Gasteiger partial charge is 0.316 e. The fourth-order valence-corrected chi connectivity index (χ4v) is 3.61. The summed E-state index contributed by atoms with van der Waals surface area (Å²) in [6, 6.07) is 28.2. The monoisotopic (exact) mass is 520 g/mol. The molecule has 0 aliphatic carbocycles. The predicted molar refractivity (Wildman–Crippen MR) is 150 cm³/mol. The van der Waals surface area contributed by atoms with Crippen LogP contribution in [0.15, 0.2) is 91.0 Å². The summed E-state index contributed by atoms with van der Waals surface area (Å²) < 4.78 is 5.44. The normalized spacial score (nSPS) is 11.6. The second-order valence-electron chi connectivity index (χ2n) is 9.55. The number of benzene rings is 3. The zero-order chi connectivity index (χ0) is 28.4. The lowest BCUT2D eigenvalue weighted by atomic mass is 9.79. The minimum atomic E-state index is -0.786. The molecule has 6 heteroatoms. The number of aliphatic carboxylic acids is 2. The van der Waals surface area contributed by atoms with Crippen molar-refractivity contribution in [1.82, 2.24) is 0 Å². The van der Waals surface area contributed by atoms with Crippen LogP contribution in [-0.4, -0.2) is 34.7 Å². The third-order valence-corrected chi connectivity index (χ3v) is 5.56. The number of rotatable bonds is 10. The Morgan fingerprint density at radius 2 is 1.13 bits per heavy atom. The Balaban J connectivity index is 0.000000307. The lowest BCUT2D eigenvalue weighted by Crippen LogP contribution is -2.35. The summed E-state index contributed by atoms with van der Waals surface area (Å²) in [4.78, 5) is 32.7. The third-order valence-electron chi connectivity index (χ3n) is 5.56. The fraction of sp³-hybridized carbons (Fsp3) is 0.344. The van der Waals surface area contributed by atoms with E-state index in [-0.39, 0.29) is 18.8 Å². The van der Waals surface area contributed by atoms with Crippen LogP contribution in [-0.2, 0) is 37.4 Å². The number of carbonyl (C=O) groups excluding carboxylic acids is 1. The molecule has 6 nitrogen and oxygen atoms in total. The Kier molecular flexibility index (Phi) is 14.8. The molecular weight excluding hydrogens is 480 g/mol. The summed E-state index contributed by atoms with van der Waals surface area (Å²) in [6.07, 6.45) is 2.00. The topological polar surface area (TPSA) is 101 Å². The quantitative estimate of drug-likeness (QED) is 0.293. The number of hydrogen-bond acceptors (Lipinski definition) is 4. The molecule has 0 amide bonds. The molecule has 3 rings (SSSR count). The predicted octanol–water partition coefficient (Wildman–Crippen LogP) is 6.57. The molecule has 0 heterocycles. The van der Waals surface area contributed by atoms with Gasteiger partial charge < -0.3 is 14.9 Å². The van der Waals surface area contributed by atoms with Crippen LogP contribution in [0.3, 0.4) is 0 Å². The molecule has 0 aliphatic heterocycles. The summed E-state index contributed by atoms with van der Waals surface area (Å²) in [5, 5.41) is 16.7. The molecule has 3 aromatic carbocycles. The highest BCUT2D eigenvalue weighted by Crippen LogP contribution is 2.30. The number of ether oxygens (including phenoxy) is 1. The summed E-state index contributed by atoms with van der Waals surface area (Å²) in [5.74, 6) is -1.31. The number of carboxylic acids is 2. The second-order valence-corrected chi connectivity index (χ2v) is 9.55. The second kappa shape index (κ2) is 17.5. The maximum Gasteiger partial charge on any atom is 0.316 e. The van der Waals surface area contributed by atoms with Crippen LogP contribution in [0.1, 0.15) is 57.2 Å². The van der Waals surface area contributed by atoms with E-state index >= 15 is 0 Å². The lowest BCUT2D eigenvalue weighted by Gasteiger charge is -2.28. The van der Waals surface area contributed by atoms with E-state index in [1.54, 1.807) is 24.3 Å². The van der Waals surface area contributed by atoms with E-state index in [2.05, 4.69) is 6.92 Å². The summed E-state index contributed by atoms with van der Waals surface area (Å²) in [5.41, 5.74) is 2.20. The number of carbonyl (C=O) groups is 3. The van der Waals surface area contributed by atoms with E-state index in [0.717, 1.165) is 29.5 Å². The van der Waals surface area contributed by atoms with Crippen molar-refractivity contribution >= 4 is 17.9 Å². The van der Waals surface area contributed by atoms with Gasteiger partial charge in [0, 0.05) is 0 Å². The first-order chi connectivity index (χ1) is 18.1. The molecule has 0 aliphatic rings. The van der Waals surface area contributed by atoms with Crippen LogP contribution in [0.5, 0.6) is 0 Å². The summed E-state index contributed by atoms with van der Waals surface area (Å²) >= 11 is 0. The van der Waals surface area contributed by atoms with Gasteiger partial charge in [-0.2, -0.15) is 0 Å². The highest BCUT2D eigenvalue weighted by molar-refractivity contribution is 5.82. The molecule has 0 fully saturated rings. The average molecular weight is 521 g/mol. The highest BCUT2D eigenvalue weighted by atomic mass is 16.5. The molecule has 0 spiro atoms. The Morgan fingerprint density at radius 3 is 1.47 bits per heavy atom. The van der Waals surface area contributed by atoms with Crippen LogP contribution in [0.25, 0.3) is 0 Å². The third kappa shape index (κ3) is 12.9. The van der Waals surface area contributed by atoms with Crippen molar-refractivity contribution < 1.29 is 29.3 Å². The van der Waals surface area contributed by atoms with Crippen molar-refractivity contribution in [1.29, 1.82) is 0 Å². The van der Waals surface area contributed by atoms with E-state index < -0.39 is 17.4 Å². The van der Waals surface area contributed by atoms with Crippen molar-refractivity contribution in [3.05, 3.63) is 108 Å². The molecule has 1 atom stereocenters. The molecule has 0 saturated carbocycles. The van der Waals surface area contributed by atoms with Gasteiger partial charge in [0.05, 0.1) is 24.9 Å². The van der Waals surface area contributed by atoms with Crippen molar-refractivity contribution in [2.45, 2.75) is 58.8 Å². The van der Waals surface area contributed by atoms with Gasteiger partial charge in [0.2, 0.25) is 0 Å². The van der Waals surface area contributed by atoms with Gasteiger partial charge in [-0.05, 0) is 36.0 Å². The Labute approximate surface area is 226 Å². The van der Waals surface area contributed by atoms with E-state index in [1.807, 2.05) is 87.5 Å². The van der Waals surface area contributed by atoms with Crippen LogP contribution in [0.4, 0.5) is 0 Å². The van der Waals surface area contributed by atoms with E-state index in [1.165, 1.54) is 0 Å². The van der Waals surface area contributed by atoms with E-state index in [0.29, 0.717) is 12.5 Å². The van der Waals surface area contributed by atoms with Crippen LogP contribution < -0.4 is 0 Å². The average Bonchev–Trinajstić information content (AvgIpc) is 2.89. The van der Waals surface area contributed by atoms with Gasteiger partial charge in [-0.15, -0.1) is 0 Å². The van der Waals surface area contributed by atoms with E-state index in [9.17, 15) is 14.4 Å². The van der Waals surface area contributed by atoms with Crippen molar-refractivity contribution in [2.75, 3.05) is 6.61 Å². The van der Waals surface area contributed by atoms with Gasteiger partial charge in [0.15, 0.2) is 0 Å². The number of hydrogen-bond donors (Lipinski definition) is 2. The summed E-state index contributed by atoms with van der Waals surface area (Å²) in [7, 11) is 0. The molecule has 0 saturated heterocycles. The van der Waals surface area contributed by atoms with Crippen LogP contribution in [0.2, 0.25) is 0 Å². The van der Waals surface area contributed by atoms with Gasteiger partial charge >= 0.3 is 17.9 Å². The Hall–Kier alpha value is -3.93. The molecule has 0 bridgehead atoms. The van der Waals surface area contributed by atoms with Crippen molar-refractivity contribution in [2.24, 2.45) is 5.92 Å². The zero-order valence-corrected chi connectivity index (χ0v) is 22.8. The Morgan fingerprint density at radius 1 is 0.737 bits per heavy atom. The van der Waals surface area contributed by atoms with E-state index in [4.69, 9.17) is 14.9 Å². The standard InChI is InChI=1S/C16H24O2.2C8H8O2/c1-5-11-16(4,14-9-7-6-8-10-14)15(17)18-12-13(2)3;2*9-8(10)6-7-4-2-1-3-5-7/h6-10,13H,5,11-12H2,1-4H3;2*1-5H,6H2,(H,9,10). The maximum absolute atomic E-state index is 12.3. The van der Waals surface area contributed by atoms with Gasteiger partial charge in [0.1, 0.15) is 0 Å². The SMILES string of the molecule is CCCC(C)(C(=O)OCC(C)C)c1ccccc1.O=C(O)Cc1ccccc1.O=C(O)Cc1ccccc1. The molecular formula is C32H40O6. The minimum Gasteiger partial charge on any atom is -0.481 e. The maximum atomic E-state index is 12.3. The van der Waals surface area contributed by atoms with Crippen molar-refractivity contribution in [3.63, 3.8) is 0 Å². The van der Waals surface area contributed by atoms with Crippen molar-refractivity contribution in [3.8, 4) is 0 Å². The molecule has 0 radical (unpaired) electrons.